The van der Waals surface area contributed by atoms with E-state index in [2.05, 4.69) is 19.9 Å². The number of hydrogen-bond donors (Lipinski definition) is 1. The molecule has 2 rings (SSSR count). The van der Waals surface area contributed by atoms with Crippen LogP contribution in [0.1, 0.15) is 32.3 Å². The van der Waals surface area contributed by atoms with Gasteiger partial charge in [-0.1, -0.05) is 56.3 Å². The van der Waals surface area contributed by atoms with Gasteiger partial charge in [0.2, 0.25) is 0 Å². The van der Waals surface area contributed by atoms with E-state index in [1.54, 1.807) is 6.08 Å². The van der Waals surface area contributed by atoms with Crippen molar-refractivity contribution >= 4 is 23.1 Å². The lowest BCUT2D eigenvalue weighted by Crippen LogP contribution is -2.33. The Balaban J connectivity index is 2.16. The summed E-state index contributed by atoms with van der Waals surface area (Å²) in [5.41, 5.74) is 6.37. The summed E-state index contributed by atoms with van der Waals surface area (Å²) < 4.78 is 13.7. The van der Waals surface area contributed by atoms with Gasteiger partial charge in [-0.25, -0.2) is 13.3 Å². The molecule has 0 saturated heterocycles. The quantitative estimate of drug-likeness (QED) is 0.888. The third-order valence-corrected chi connectivity index (χ3v) is 5.39. The van der Waals surface area contributed by atoms with E-state index in [-0.39, 0.29) is 5.41 Å². The smallest absolute Gasteiger partial charge is 0.331 e. The Kier molecular flexibility index (Phi) is 5.55. The van der Waals surface area contributed by atoms with Crippen molar-refractivity contribution in [1.29, 1.82) is 0 Å². The Morgan fingerprint density at radius 1 is 1.39 bits per heavy atom. The van der Waals surface area contributed by atoms with Gasteiger partial charge in [0.15, 0.2) is 11.0 Å². The second kappa shape index (κ2) is 7.42. The maximum Gasteiger partial charge on any atom is 0.331 e. The summed E-state index contributed by atoms with van der Waals surface area (Å²) in [6.07, 6.45) is 10.8. The third-order valence-electron chi connectivity index (χ3n) is 4.03. The Morgan fingerprint density at radius 3 is 2.61 bits per heavy atom. The van der Waals surface area contributed by atoms with Crippen LogP contribution in [0.5, 0.6) is 0 Å². The number of rotatable bonds is 5. The second-order valence-corrected chi connectivity index (χ2v) is 7.15. The highest BCUT2D eigenvalue weighted by molar-refractivity contribution is 7.87. The standard InChI is InChI=1S/C18H22N2O2S/c1-3-18(2)12-9-16(10-13-18)23(22)20(17(19)21)14-11-15-7-5-4-6-8-15/h4-12,14H,3,13H2,1-2H3,(H2,19,21). The van der Waals surface area contributed by atoms with Crippen LogP contribution in [0, 0.1) is 5.41 Å². The maximum absolute atomic E-state index is 12.6. The first-order chi connectivity index (χ1) is 10.9. The van der Waals surface area contributed by atoms with Crippen LogP contribution in [-0.4, -0.2) is 14.5 Å². The van der Waals surface area contributed by atoms with E-state index >= 15 is 0 Å². The SMILES string of the molecule is CCC1(C)C=CC(S(=O)N(C=Cc2ccccc2)C(N)=O)=CC1. The van der Waals surface area contributed by atoms with Gasteiger partial charge in [-0.15, -0.1) is 0 Å². The third kappa shape index (κ3) is 4.42. The number of primary amides is 1. The molecule has 122 valence electrons. The van der Waals surface area contributed by atoms with E-state index in [9.17, 15) is 9.00 Å². The predicted molar refractivity (Wildman–Crippen MR) is 95.3 cm³/mol. The molecule has 2 amide bonds. The number of hydrogen-bond acceptors (Lipinski definition) is 2. The number of nitrogens with two attached hydrogens (primary N) is 1. The Hall–Kier alpha value is -2.14. The minimum absolute atomic E-state index is 0.0884. The van der Waals surface area contributed by atoms with E-state index in [0.29, 0.717) is 4.91 Å². The average molecular weight is 330 g/mol. The summed E-state index contributed by atoms with van der Waals surface area (Å²) in [5, 5.41) is 0. The molecule has 0 spiro atoms. The second-order valence-electron chi connectivity index (χ2n) is 5.79. The van der Waals surface area contributed by atoms with Crippen molar-refractivity contribution in [2.24, 2.45) is 11.1 Å². The van der Waals surface area contributed by atoms with Crippen molar-refractivity contribution in [3.8, 4) is 0 Å². The summed E-state index contributed by atoms with van der Waals surface area (Å²) in [6, 6.07) is 8.74. The van der Waals surface area contributed by atoms with Crippen molar-refractivity contribution in [3.05, 3.63) is 65.2 Å². The van der Waals surface area contributed by atoms with E-state index in [1.165, 1.54) is 6.20 Å². The molecular formula is C18H22N2O2S. The number of urea groups is 1. The number of benzene rings is 1. The van der Waals surface area contributed by atoms with Crippen LogP contribution in [0.4, 0.5) is 4.79 Å². The van der Waals surface area contributed by atoms with E-state index in [1.807, 2.05) is 42.5 Å². The maximum atomic E-state index is 12.6. The van der Waals surface area contributed by atoms with Gasteiger partial charge in [0.25, 0.3) is 0 Å². The van der Waals surface area contributed by atoms with Crippen LogP contribution in [0.15, 0.2) is 59.7 Å². The number of allylic oxidation sites excluding steroid dienone is 3. The molecule has 23 heavy (non-hydrogen) atoms. The lowest BCUT2D eigenvalue weighted by atomic mass is 9.81. The van der Waals surface area contributed by atoms with Crippen molar-refractivity contribution in [2.45, 2.75) is 26.7 Å². The molecule has 2 N–H and O–H groups in total. The van der Waals surface area contributed by atoms with Gasteiger partial charge in [-0.3, -0.25) is 0 Å². The first-order valence-corrected chi connectivity index (χ1v) is 8.69. The molecule has 0 heterocycles. The molecule has 1 aliphatic rings. The molecule has 0 fully saturated rings. The highest BCUT2D eigenvalue weighted by Gasteiger charge is 2.24. The van der Waals surface area contributed by atoms with Crippen LogP contribution in [0.2, 0.25) is 0 Å². The van der Waals surface area contributed by atoms with Gasteiger partial charge in [0.1, 0.15) is 0 Å². The summed E-state index contributed by atoms with van der Waals surface area (Å²) in [5.74, 6) is 0. The molecule has 1 aromatic carbocycles. The van der Waals surface area contributed by atoms with Crippen LogP contribution in [0.25, 0.3) is 6.08 Å². The molecule has 1 aliphatic carbocycles. The summed E-state index contributed by atoms with van der Waals surface area (Å²) >= 11 is 0. The number of carbonyl (C=O) groups excluding carboxylic acids is 1. The molecule has 0 aromatic heterocycles. The van der Waals surface area contributed by atoms with Crippen LogP contribution in [0.3, 0.4) is 0 Å². The largest absolute Gasteiger partial charge is 0.350 e. The van der Waals surface area contributed by atoms with Gasteiger partial charge in [0.05, 0.1) is 4.91 Å². The van der Waals surface area contributed by atoms with E-state index in [0.717, 1.165) is 22.7 Å². The lowest BCUT2D eigenvalue weighted by Gasteiger charge is -2.27. The topological polar surface area (TPSA) is 63.4 Å². The Bertz CT molecular complexity index is 680. The fourth-order valence-corrected chi connectivity index (χ4v) is 3.16. The molecule has 5 heteroatoms. The first kappa shape index (κ1) is 17.2. The molecule has 4 nitrogen and oxygen atoms in total. The molecule has 0 radical (unpaired) electrons. The normalized spacial score (nSPS) is 21.9. The van der Waals surface area contributed by atoms with Crippen LogP contribution >= 0.6 is 0 Å². The monoisotopic (exact) mass is 330 g/mol. The zero-order valence-corrected chi connectivity index (χ0v) is 14.3. The van der Waals surface area contributed by atoms with E-state index < -0.39 is 17.0 Å². The van der Waals surface area contributed by atoms with Crippen molar-refractivity contribution in [3.63, 3.8) is 0 Å². The summed E-state index contributed by atoms with van der Waals surface area (Å²) in [6.45, 7) is 4.28. The minimum atomic E-state index is -1.64. The van der Waals surface area contributed by atoms with E-state index in [4.69, 9.17) is 5.73 Å². The molecule has 0 aliphatic heterocycles. The van der Waals surface area contributed by atoms with Crippen LogP contribution in [-0.2, 0) is 11.0 Å². The van der Waals surface area contributed by atoms with Gasteiger partial charge in [-0.05, 0) is 36.0 Å². The molecule has 2 unspecified atom stereocenters. The van der Waals surface area contributed by atoms with Gasteiger partial charge in [0, 0.05) is 6.20 Å². The number of nitrogens with zero attached hydrogens (tertiary/aromatic N) is 1. The fourth-order valence-electron chi connectivity index (χ4n) is 2.19. The average Bonchev–Trinajstić information content (AvgIpc) is 2.56. The van der Waals surface area contributed by atoms with Gasteiger partial charge in [-0.2, -0.15) is 0 Å². The number of amides is 2. The minimum Gasteiger partial charge on any atom is -0.350 e. The highest BCUT2D eigenvalue weighted by Crippen LogP contribution is 2.33. The zero-order chi connectivity index (χ0) is 16.9. The predicted octanol–water partition coefficient (Wildman–Crippen LogP) is 3.96. The van der Waals surface area contributed by atoms with Crippen molar-refractivity contribution in [2.75, 3.05) is 0 Å². The number of carbonyl (C=O) groups is 1. The molecular weight excluding hydrogens is 308 g/mol. The Labute approximate surface area is 140 Å². The summed E-state index contributed by atoms with van der Waals surface area (Å²) in [7, 11) is -1.64. The van der Waals surface area contributed by atoms with Gasteiger partial charge < -0.3 is 5.73 Å². The zero-order valence-electron chi connectivity index (χ0n) is 13.4. The molecule has 2 atom stereocenters. The van der Waals surface area contributed by atoms with Crippen LogP contribution < -0.4 is 5.73 Å². The van der Waals surface area contributed by atoms with Gasteiger partial charge >= 0.3 is 6.03 Å². The Morgan fingerprint density at radius 2 is 2.09 bits per heavy atom. The molecule has 0 bridgehead atoms. The lowest BCUT2D eigenvalue weighted by molar-refractivity contribution is 0.241. The highest BCUT2D eigenvalue weighted by atomic mass is 32.2. The summed E-state index contributed by atoms with van der Waals surface area (Å²) in [4.78, 5) is 12.2. The fraction of sp³-hybridized carbons (Fsp3) is 0.278. The molecule has 0 saturated carbocycles. The van der Waals surface area contributed by atoms with Crippen molar-refractivity contribution in [1.82, 2.24) is 4.31 Å². The van der Waals surface area contributed by atoms with Crippen molar-refractivity contribution < 1.29 is 9.00 Å². The first-order valence-electron chi connectivity index (χ1n) is 7.58. The molecule has 1 aromatic rings.